The molecule has 0 saturated carbocycles. The van der Waals surface area contributed by atoms with Crippen molar-refractivity contribution in [2.75, 3.05) is 72.0 Å². The summed E-state index contributed by atoms with van der Waals surface area (Å²) < 4.78 is 0. The molecule has 0 aliphatic carbocycles. The number of likely N-dealkylation sites (N-methyl/N-ethyl adjacent to an activating group) is 1. The van der Waals surface area contributed by atoms with Crippen molar-refractivity contribution in [1.82, 2.24) is 24.9 Å². The maximum Gasteiger partial charge on any atom is 0.239 e. The van der Waals surface area contributed by atoms with Gasteiger partial charge >= 0.3 is 0 Å². The van der Waals surface area contributed by atoms with Crippen molar-refractivity contribution in [3.8, 4) is 0 Å². The van der Waals surface area contributed by atoms with Crippen LogP contribution in [0.5, 0.6) is 0 Å². The number of amides is 1. The standard InChI is InChI=1S/C21H42N6O/c1-5-11-24(7-3)14-10-23-21(22-6-2)27-17-15-25(16-18-27)19(4)20(28)26-12-8-9-13-26/h19H,5-18H2,1-4H3,(H,22,23). The van der Waals surface area contributed by atoms with Crippen molar-refractivity contribution in [3.05, 3.63) is 0 Å². The van der Waals surface area contributed by atoms with Crippen LogP contribution in [-0.4, -0.2) is 110 Å². The number of carbonyl (C=O) groups excluding carboxylic acids is 1. The molecule has 2 fully saturated rings. The van der Waals surface area contributed by atoms with Gasteiger partial charge in [0.1, 0.15) is 0 Å². The third-order valence-corrected chi connectivity index (χ3v) is 5.94. The van der Waals surface area contributed by atoms with Crippen LogP contribution in [0.3, 0.4) is 0 Å². The first-order valence-corrected chi connectivity index (χ1v) is 11.4. The van der Waals surface area contributed by atoms with E-state index in [4.69, 9.17) is 4.99 Å². The highest BCUT2D eigenvalue weighted by molar-refractivity contribution is 5.82. The summed E-state index contributed by atoms with van der Waals surface area (Å²) in [6, 6.07) is -0.00747. The Kier molecular flexibility index (Phi) is 10.1. The van der Waals surface area contributed by atoms with E-state index in [1.807, 2.05) is 4.90 Å². The number of carbonyl (C=O) groups is 1. The van der Waals surface area contributed by atoms with Crippen molar-refractivity contribution in [1.29, 1.82) is 0 Å². The molecular formula is C21H42N6O. The normalized spacial score (nSPS) is 20.1. The van der Waals surface area contributed by atoms with Crippen molar-refractivity contribution < 1.29 is 4.79 Å². The summed E-state index contributed by atoms with van der Waals surface area (Å²) >= 11 is 0. The molecule has 2 rings (SSSR count). The van der Waals surface area contributed by atoms with Crippen LogP contribution >= 0.6 is 0 Å². The highest BCUT2D eigenvalue weighted by Gasteiger charge is 2.30. The van der Waals surface area contributed by atoms with Crippen molar-refractivity contribution in [2.24, 2.45) is 4.99 Å². The Morgan fingerprint density at radius 1 is 1.00 bits per heavy atom. The second-order valence-electron chi connectivity index (χ2n) is 7.90. The number of guanidine groups is 1. The zero-order chi connectivity index (χ0) is 20.4. The Balaban J connectivity index is 1.83. The summed E-state index contributed by atoms with van der Waals surface area (Å²) in [5.74, 6) is 1.33. The fourth-order valence-corrected chi connectivity index (χ4v) is 4.15. The average Bonchev–Trinajstić information content (AvgIpc) is 3.26. The number of piperazine rings is 1. The predicted molar refractivity (Wildman–Crippen MR) is 117 cm³/mol. The number of rotatable bonds is 9. The van der Waals surface area contributed by atoms with Gasteiger partial charge in [-0.1, -0.05) is 13.8 Å². The summed E-state index contributed by atoms with van der Waals surface area (Å²) in [6.07, 6.45) is 3.50. The Labute approximate surface area is 172 Å². The molecule has 28 heavy (non-hydrogen) atoms. The van der Waals surface area contributed by atoms with E-state index in [1.54, 1.807) is 0 Å². The zero-order valence-electron chi connectivity index (χ0n) is 18.6. The van der Waals surface area contributed by atoms with E-state index in [9.17, 15) is 4.79 Å². The van der Waals surface area contributed by atoms with Crippen LogP contribution in [0.1, 0.15) is 47.0 Å². The number of hydrogen-bond acceptors (Lipinski definition) is 4. The number of nitrogens with one attached hydrogen (secondary N) is 1. The lowest BCUT2D eigenvalue weighted by atomic mass is 10.2. The summed E-state index contributed by atoms with van der Waals surface area (Å²) in [6.45, 7) is 19.2. The van der Waals surface area contributed by atoms with Crippen LogP contribution < -0.4 is 5.32 Å². The molecule has 2 aliphatic heterocycles. The molecule has 2 aliphatic rings. The third kappa shape index (κ3) is 6.62. The topological polar surface area (TPSA) is 54.4 Å². The molecule has 7 nitrogen and oxygen atoms in total. The van der Waals surface area contributed by atoms with Crippen LogP contribution in [0.15, 0.2) is 4.99 Å². The summed E-state index contributed by atoms with van der Waals surface area (Å²) in [7, 11) is 0. The molecule has 0 aromatic carbocycles. The second kappa shape index (κ2) is 12.3. The fraction of sp³-hybridized carbons (Fsp3) is 0.905. The first-order chi connectivity index (χ1) is 13.6. The van der Waals surface area contributed by atoms with Crippen LogP contribution in [0.25, 0.3) is 0 Å². The van der Waals surface area contributed by atoms with Crippen molar-refractivity contribution in [2.45, 2.75) is 53.0 Å². The molecule has 1 amide bonds. The Bertz CT molecular complexity index is 483. The van der Waals surface area contributed by atoms with E-state index in [2.05, 4.69) is 47.7 Å². The molecule has 1 atom stereocenters. The van der Waals surface area contributed by atoms with Gasteiger partial charge in [0.15, 0.2) is 5.96 Å². The number of nitrogens with zero attached hydrogens (tertiary/aromatic N) is 5. The average molecular weight is 395 g/mol. The molecule has 2 heterocycles. The molecular weight excluding hydrogens is 352 g/mol. The third-order valence-electron chi connectivity index (χ3n) is 5.94. The minimum Gasteiger partial charge on any atom is -0.357 e. The maximum atomic E-state index is 12.7. The lowest BCUT2D eigenvalue weighted by molar-refractivity contribution is -0.135. The van der Waals surface area contributed by atoms with E-state index in [0.29, 0.717) is 5.91 Å². The van der Waals surface area contributed by atoms with Gasteiger partial charge in [-0.25, -0.2) is 0 Å². The van der Waals surface area contributed by atoms with Gasteiger partial charge in [0.2, 0.25) is 5.91 Å². The fourth-order valence-electron chi connectivity index (χ4n) is 4.15. The molecule has 0 aromatic rings. The first-order valence-electron chi connectivity index (χ1n) is 11.4. The molecule has 162 valence electrons. The SMILES string of the molecule is CCCN(CC)CCN=C(NCC)N1CCN(C(C)C(=O)N2CCCC2)CC1. The molecule has 0 aromatic heterocycles. The summed E-state index contributed by atoms with van der Waals surface area (Å²) in [4.78, 5) is 26.7. The number of likely N-dealkylation sites (tertiary alicyclic amines) is 1. The highest BCUT2D eigenvalue weighted by atomic mass is 16.2. The molecule has 0 spiro atoms. The lowest BCUT2D eigenvalue weighted by Crippen LogP contribution is -2.57. The summed E-state index contributed by atoms with van der Waals surface area (Å²) in [5, 5.41) is 3.45. The van der Waals surface area contributed by atoms with Crippen molar-refractivity contribution >= 4 is 11.9 Å². The monoisotopic (exact) mass is 394 g/mol. The van der Waals surface area contributed by atoms with E-state index in [1.165, 1.54) is 6.42 Å². The molecule has 0 radical (unpaired) electrons. The van der Waals surface area contributed by atoms with E-state index >= 15 is 0 Å². The van der Waals surface area contributed by atoms with E-state index in [0.717, 1.165) is 90.8 Å². The first kappa shape index (κ1) is 22.9. The lowest BCUT2D eigenvalue weighted by Gasteiger charge is -2.39. The van der Waals surface area contributed by atoms with Gasteiger partial charge in [-0.2, -0.15) is 0 Å². The number of aliphatic imine (C=N–C) groups is 1. The minimum absolute atomic E-state index is 0.00747. The van der Waals surface area contributed by atoms with Gasteiger partial charge in [0, 0.05) is 52.4 Å². The van der Waals surface area contributed by atoms with E-state index < -0.39 is 0 Å². The van der Waals surface area contributed by atoms with Crippen LogP contribution in [0, 0.1) is 0 Å². The Morgan fingerprint density at radius 3 is 2.25 bits per heavy atom. The van der Waals surface area contributed by atoms with Gasteiger partial charge in [-0.15, -0.1) is 0 Å². The Hall–Kier alpha value is -1.34. The molecule has 1 unspecified atom stereocenters. The van der Waals surface area contributed by atoms with Crippen LogP contribution in [-0.2, 0) is 4.79 Å². The van der Waals surface area contributed by atoms with Gasteiger partial charge in [0.05, 0.1) is 12.6 Å². The Morgan fingerprint density at radius 2 is 1.68 bits per heavy atom. The van der Waals surface area contributed by atoms with Gasteiger partial charge < -0.3 is 20.0 Å². The highest BCUT2D eigenvalue weighted by Crippen LogP contribution is 2.14. The molecule has 1 N–H and O–H groups in total. The summed E-state index contributed by atoms with van der Waals surface area (Å²) in [5.41, 5.74) is 0. The van der Waals surface area contributed by atoms with Crippen molar-refractivity contribution in [3.63, 3.8) is 0 Å². The molecule has 2 saturated heterocycles. The zero-order valence-corrected chi connectivity index (χ0v) is 18.6. The van der Waals surface area contributed by atoms with Crippen LogP contribution in [0.4, 0.5) is 0 Å². The minimum atomic E-state index is -0.00747. The maximum absolute atomic E-state index is 12.7. The number of hydrogen-bond donors (Lipinski definition) is 1. The smallest absolute Gasteiger partial charge is 0.239 e. The van der Waals surface area contributed by atoms with Gasteiger partial charge in [0.25, 0.3) is 0 Å². The van der Waals surface area contributed by atoms with Gasteiger partial charge in [-0.3, -0.25) is 14.7 Å². The second-order valence-corrected chi connectivity index (χ2v) is 7.90. The van der Waals surface area contributed by atoms with E-state index in [-0.39, 0.29) is 6.04 Å². The largest absolute Gasteiger partial charge is 0.357 e. The van der Waals surface area contributed by atoms with Crippen LogP contribution in [0.2, 0.25) is 0 Å². The molecule has 7 heteroatoms. The molecule has 0 bridgehead atoms. The van der Waals surface area contributed by atoms with Gasteiger partial charge in [-0.05, 0) is 46.2 Å². The predicted octanol–water partition coefficient (Wildman–Crippen LogP) is 1.31. The quantitative estimate of drug-likeness (QED) is 0.472.